The van der Waals surface area contributed by atoms with Gasteiger partial charge in [0.1, 0.15) is 0 Å². The van der Waals surface area contributed by atoms with Gasteiger partial charge in [-0.1, -0.05) is 38.1 Å². The monoisotopic (exact) mass is 274 g/mol. The Bertz CT molecular complexity index is 455. The number of hydrogen-bond donors (Lipinski definition) is 2. The first kappa shape index (κ1) is 15.0. The van der Waals surface area contributed by atoms with E-state index in [1.54, 1.807) is 0 Å². The lowest BCUT2D eigenvalue weighted by Gasteiger charge is -2.39. The molecule has 0 bridgehead atoms. The van der Waals surface area contributed by atoms with E-state index in [4.69, 9.17) is 5.73 Å². The molecule has 1 aromatic carbocycles. The van der Waals surface area contributed by atoms with Gasteiger partial charge in [-0.05, 0) is 43.2 Å². The molecular weight excluding hydrogens is 248 g/mol. The van der Waals surface area contributed by atoms with Gasteiger partial charge in [0, 0.05) is 12.1 Å². The van der Waals surface area contributed by atoms with Crippen LogP contribution < -0.4 is 11.1 Å². The second-order valence-corrected chi connectivity index (χ2v) is 6.19. The summed E-state index contributed by atoms with van der Waals surface area (Å²) in [6.07, 6.45) is 2.94. The number of primary amides is 1. The number of nitrogens with two attached hydrogens (primary N) is 1. The van der Waals surface area contributed by atoms with E-state index < -0.39 is 0 Å². The summed E-state index contributed by atoms with van der Waals surface area (Å²) in [5, 5.41) is 3.55. The van der Waals surface area contributed by atoms with Gasteiger partial charge in [0.15, 0.2) is 0 Å². The molecule has 4 unspecified atom stereocenters. The summed E-state index contributed by atoms with van der Waals surface area (Å²) in [7, 11) is 0. The number of benzene rings is 1. The number of amides is 1. The molecule has 20 heavy (non-hydrogen) atoms. The van der Waals surface area contributed by atoms with Crippen LogP contribution in [0.15, 0.2) is 24.3 Å². The summed E-state index contributed by atoms with van der Waals surface area (Å²) in [6, 6.07) is 9.28. The van der Waals surface area contributed by atoms with Gasteiger partial charge in [-0.15, -0.1) is 0 Å². The number of nitrogens with one attached hydrogen (secondary N) is 1. The van der Waals surface area contributed by atoms with Crippen molar-refractivity contribution in [1.29, 1.82) is 0 Å². The summed E-state index contributed by atoms with van der Waals surface area (Å²) in [6.45, 7) is 6.48. The Morgan fingerprint density at radius 1 is 1.25 bits per heavy atom. The van der Waals surface area contributed by atoms with Crippen molar-refractivity contribution in [3.8, 4) is 0 Å². The molecule has 110 valence electrons. The van der Waals surface area contributed by atoms with Crippen molar-refractivity contribution in [3.05, 3.63) is 35.4 Å². The second-order valence-electron chi connectivity index (χ2n) is 6.19. The molecular formula is C17H26N2O. The van der Waals surface area contributed by atoms with E-state index in [1.165, 1.54) is 11.1 Å². The minimum absolute atomic E-state index is 0.0722. The summed E-state index contributed by atoms with van der Waals surface area (Å²) in [5.41, 5.74) is 8.23. The number of aryl methyl sites for hydroxylation is 1. The predicted molar refractivity (Wildman–Crippen MR) is 82.4 cm³/mol. The normalized spacial score (nSPS) is 30.1. The molecule has 0 aromatic heterocycles. The van der Waals surface area contributed by atoms with Gasteiger partial charge in [0.2, 0.25) is 5.91 Å². The highest BCUT2D eigenvalue weighted by Gasteiger charge is 2.36. The summed E-state index contributed by atoms with van der Waals surface area (Å²) < 4.78 is 0. The highest BCUT2D eigenvalue weighted by molar-refractivity contribution is 5.78. The highest BCUT2D eigenvalue weighted by atomic mass is 16.1. The van der Waals surface area contributed by atoms with E-state index >= 15 is 0 Å². The van der Waals surface area contributed by atoms with Crippen LogP contribution in [0.5, 0.6) is 0 Å². The molecule has 1 amide bonds. The maximum Gasteiger partial charge on any atom is 0.222 e. The Balaban J connectivity index is 2.12. The molecule has 0 radical (unpaired) electrons. The van der Waals surface area contributed by atoms with Gasteiger partial charge in [-0.2, -0.15) is 0 Å². The van der Waals surface area contributed by atoms with Gasteiger partial charge < -0.3 is 11.1 Å². The van der Waals surface area contributed by atoms with Crippen molar-refractivity contribution < 1.29 is 4.79 Å². The fourth-order valence-corrected chi connectivity index (χ4v) is 3.47. The van der Waals surface area contributed by atoms with Crippen molar-refractivity contribution in [2.24, 2.45) is 17.6 Å². The SMILES string of the molecule is CCc1ccc(CC2NC(C)CC(C)C2C(N)=O)cc1. The van der Waals surface area contributed by atoms with Crippen molar-refractivity contribution in [2.45, 2.75) is 52.1 Å². The first-order valence-corrected chi connectivity index (χ1v) is 7.64. The lowest BCUT2D eigenvalue weighted by Crippen LogP contribution is -2.55. The average molecular weight is 274 g/mol. The lowest BCUT2D eigenvalue weighted by atomic mass is 9.77. The minimum atomic E-state index is -0.174. The Kier molecular flexibility index (Phi) is 4.81. The van der Waals surface area contributed by atoms with Gasteiger partial charge in [0.25, 0.3) is 0 Å². The van der Waals surface area contributed by atoms with Crippen LogP contribution in [-0.2, 0) is 17.6 Å². The van der Waals surface area contributed by atoms with Crippen molar-refractivity contribution >= 4 is 5.91 Å². The molecule has 3 N–H and O–H groups in total. The molecule has 0 aliphatic carbocycles. The van der Waals surface area contributed by atoms with Crippen LogP contribution >= 0.6 is 0 Å². The first-order chi connectivity index (χ1) is 9.51. The van der Waals surface area contributed by atoms with Crippen molar-refractivity contribution in [2.75, 3.05) is 0 Å². The first-order valence-electron chi connectivity index (χ1n) is 7.64. The Morgan fingerprint density at radius 2 is 1.85 bits per heavy atom. The molecule has 3 nitrogen and oxygen atoms in total. The third-order valence-corrected chi connectivity index (χ3v) is 4.49. The third kappa shape index (κ3) is 3.40. The molecule has 2 rings (SSSR count). The number of hydrogen-bond acceptors (Lipinski definition) is 2. The third-order valence-electron chi connectivity index (χ3n) is 4.49. The maximum absolute atomic E-state index is 11.8. The van der Waals surface area contributed by atoms with E-state index in [2.05, 4.69) is 50.4 Å². The number of carbonyl (C=O) groups excluding carboxylic acids is 1. The van der Waals surface area contributed by atoms with Gasteiger partial charge >= 0.3 is 0 Å². The Hall–Kier alpha value is -1.35. The second kappa shape index (κ2) is 6.40. The van der Waals surface area contributed by atoms with E-state index in [1.807, 2.05) is 0 Å². The van der Waals surface area contributed by atoms with Gasteiger partial charge in [0.05, 0.1) is 5.92 Å². The molecule has 1 saturated heterocycles. The van der Waals surface area contributed by atoms with Crippen LogP contribution in [0.25, 0.3) is 0 Å². The Labute approximate surface area is 121 Å². The molecule has 1 fully saturated rings. The average Bonchev–Trinajstić information content (AvgIpc) is 2.38. The quantitative estimate of drug-likeness (QED) is 0.885. The van der Waals surface area contributed by atoms with Crippen molar-refractivity contribution in [1.82, 2.24) is 5.32 Å². The zero-order chi connectivity index (χ0) is 14.7. The van der Waals surface area contributed by atoms with Crippen molar-refractivity contribution in [3.63, 3.8) is 0 Å². The fourth-order valence-electron chi connectivity index (χ4n) is 3.47. The summed E-state index contributed by atoms with van der Waals surface area (Å²) in [5.74, 6) is 0.104. The summed E-state index contributed by atoms with van der Waals surface area (Å²) in [4.78, 5) is 11.8. The summed E-state index contributed by atoms with van der Waals surface area (Å²) >= 11 is 0. The van der Waals surface area contributed by atoms with E-state index in [-0.39, 0.29) is 17.9 Å². The zero-order valence-corrected chi connectivity index (χ0v) is 12.7. The predicted octanol–water partition coefficient (Wildman–Crippen LogP) is 2.28. The minimum Gasteiger partial charge on any atom is -0.369 e. The van der Waals surface area contributed by atoms with Crippen LogP contribution in [-0.4, -0.2) is 18.0 Å². The maximum atomic E-state index is 11.8. The zero-order valence-electron chi connectivity index (χ0n) is 12.7. The molecule has 0 spiro atoms. The van der Waals surface area contributed by atoms with Crippen LogP contribution in [0.1, 0.15) is 38.3 Å². The smallest absolute Gasteiger partial charge is 0.222 e. The van der Waals surface area contributed by atoms with Crippen LogP contribution in [0.2, 0.25) is 0 Å². The molecule has 1 heterocycles. The highest BCUT2D eigenvalue weighted by Crippen LogP contribution is 2.28. The molecule has 4 atom stereocenters. The molecule has 0 saturated carbocycles. The molecule has 1 aromatic rings. The van der Waals surface area contributed by atoms with Gasteiger partial charge in [-0.3, -0.25) is 4.79 Å². The molecule has 3 heteroatoms. The fraction of sp³-hybridized carbons (Fsp3) is 0.588. The van der Waals surface area contributed by atoms with E-state index in [0.717, 1.165) is 19.3 Å². The molecule has 1 aliphatic rings. The standard InChI is InChI=1S/C17H26N2O/c1-4-13-5-7-14(8-6-13)10-15-16(17(18)20)11(2)9-12(3)19-15/h5-8,11-12,15-16,19H,4,9-10H2,1-3H3,(H2,18,20). The Morgan fingerprint density at radius 3 is 2.40 bits per heavy atom. The van der Waals surface area contributed by atoms with E-state index in [9.17, 15) is 4.79 Å². The largest absolute Gasteiger partial charge is 0.369 e. The van der Waals surface area contributed by atoms with Crippen LogP contribution in [0.4, 0.5) is 0 Å². The van der Waals surface area contributed by atoms with Gasteiger partial charge in [-0.25, -0.2) is 0 Å². The lowest BCUT2D eigenvalue weighted by molar-refractivity contribution is -0.125. The number of rotatable bonds is 4. The van der Waals surface area contributed by atoms with Crippen LogP contribution in [0.3, 0.4) is 0 Å². The number of carbonyl (C=O) groups is 1. The topological polar surface area (TPSA) is 55.1 Å². The number of piperidine rings is 1. The van der Waals surface area contributed by atoms with E-state index in [0.29, 0.717) is 12.0 Å². The molecule has 1 aliphatic heterocycles. The van der Waals surface area contributed by atoms with Crippen LogP contribution in [0, 0.1) is 11.8 Å².